The van der Waals surface area contributed by atoms with Crippen LogP contribution in [0.1, 0.15) is 12.0 Å². The molecule has 158 valence electrons. The number of rotatable bonds is 5. The van der Waals surface area contributed by atoms with Crippen LogP contribution in [0.4, 0.5) is 5.69 Å². The van der Waals surface area contributed by atoms with Gasteiger partial charge in [-0.05, 0) is 52.1 Å². The molecule has 0 radical (unpaired) electrons. The van der Waals surface area contributed by atoms with Crippen LogP contribution in [0.3, 0.4) is 0 Å². The Labute approximate surface area is 174 Å². The van der Waals surface area contributed by atoms with Gasteiger partial charge in [0.15, 0.2) is 0 Å². The fourth-order valence-corrected chi connectivity index (χ4v) is 4.94. The number of aliphatic carboxylic acids is 1. The zero-order valence-electron chi connectivity index (χ0n) is 15.9. The molecule has 1 aliphatic rings. The van der Waals surface area contributed by atoms with Crippen molar-refractivity contribution in [3.05, 3.63) is 60.2 Å². The summed E-state index contributed by atoms with van der Waals surface area (Å²) in [5, 5.41) is 30.5. The van der Waals surface area contributed by atoms with Crippen LogP contribution < -0.4 is 9.84 Å². The molecule has 6 N–H and O–H groups in total. The molecule has 9 heteroatoms. The van der Waals surface area contributed by atoms with E-state index >= 15 is 0 Å². The third kappa shape index (κ3) is 4.07. The summed E-state index contributed by atoms with van der Waals surface area (Å²) in [6, 6.07) is 16.5. The predicted molar refractivity (Wildman–Crippen MR) is 116 cm³/mol. The van der Waals surface area contributed by atoms with Gasteiger partial charge in [-0.2, -0.15) is 9.84 Å². The molecule has 3 aromatic rings. The van der Waals surface area contributed by atoms with Gasteiger partial charge in [-0.25, -0.2) is 0 Å². The minimum Gasteiger partial charge on any atom is -0.506 e. The summed E-state index contributed by atoms with van der Waals surface area (Å²) in [6.07, 6.45) is -0.620. The van der Waals surface area contributed by atoms with Gasteiger partial charge in [-0.1, -0.05) is 36.4 Å². The number of carboxylic acids is 1. The number of nitrogens with one attached hydrogen (secondary N) is 1. The SMILES string of the molecule is O=C(O)CCc1cccc(-c2ccc3cc(O)c(N4NC(O)CS4(O)O)cc3c2)c1. The molecule has 0 aromatic heterocycles. The normalized spacial score (nSPS) is 19.2. The van der Waals surface area contributed by atoms with Gasteiger partial charge in [-0.3, -0.25) is 13.9 Å². The summed E-state index contributed by atoms with van der Waals surface area (Å²) >= 11 is 0. The first kappa shape index (κ1) is 20.5. The van der Waals surface area contributed by atoms with E-state index < -0.39 is 23.0 Å². The zero-order valence-corrected chi connectivity index (χ0v) is 16.7. The minimum absolute atomic E-state index is 0.0604. The molecule has 1 heterocycles. The number of hydrogen-bond donors (Lipinski definition) is 6. The third-order valence-electron chi connectivity index (χ3n) is 4.98. The van der Waals surface area contributed by atoms with Crippen LogP contribution in [-0.2, 0) is 11.2 Å². The molecule has 1 aliphatic heterocycles. The molecule has 3 aromatic carbocycles. The van der Waals surface area contributed by atoms with Crippen LogP contribution in [-0.4, -0.2) is 42.4 Å². The van der Waals surface area contributed by atoms with Crippen molar-refractivity contribution >= 4 is 33.2 Å². The molecular formula is C21H22N2O6S. The maximum Gasteiger partial charge on any atom is 0.303 e. The highest BCUT2D eigenvalue weighted by atomic mass is 32.3. The average Bonchev–Trinajstić information content (AvgIpc) is 2.97. The lowest BCUT2D eigenvalue weighted by molar-refractivity contribution is -0.136. The Bertz CT molecular complexity index is 1120. The van der Waals surface area contributed by atoms with Crippen LogP contribution in [0, 0.1) is 0 Å². The number of hydrazine groups is 1. The van der Waals surface area contributed by atoms with Gasteiger partial charge in [-0.15, -0.1) is 10.8 Å². The molecule has 0 bridgehead atoms. The van der Waals surface area contributed by atoms with E-state index in [-0.39, 0.29) is 23.6 Å². The smallest absolute Gasteiger partial charge is 0.303 e. The molecular weight excluding hydrogens is 408 g/mol. The molecule has 1 unspecified atom stereocenters. The van der Waals surface area contributed by atoms with Crippen LogP contribution >= 0.6 is 10.8 Å². The van der Waals surface area contributed by atoms with Crippen molar-refractivity contribution in [2.24, 2.45) is 0 Å². The summed E-state index contributed by atoms with van der Waals surface area (Å²) in [5.41, 5.74) is 5.47. The van der Waals surface area contributed by atoms with E-state index in [9.17, 15) is 24.1 Å². The number of benzene rings is 3. The molecule has 30 heavy (non-hydrogen) atoms. The fraction of sp³-hybridized carbons (Fsp3) is 0.190. The molecule has 1 saturated heterocycles. The molecule has 8 nitrogen and oxygen atoms in total. The lowest BCUT2D eigenvalue weighted by atomic mass is 9.98. The molecule has 0 saturated carbocycles. The minimum atomic E-state index is -3.30. The van der Waals surface area contributed by atoms with Gasteiger partial charge >= 0.3 is 5.97 Å². The van der Waals surface area contributed by atoms with E-state index in [2.05, 4.69) is 5.43 Å². The monoisotopic (exact) mass is 430 g/mol. The van der Waals surface area contributed by atoms with Crippen LogP contribution in [0.15, 0.2) is 54.6 Å². The standard InChI is InChI=1S/C21H22N2O6S/c24-19-11-16-6-5-15(14-3-1-2-13(8-14)4-7-21(26)27)9-17(16)10-18(19)23-22-20(25)12-30(23,28)29/h1-3,5-6,8-11,20,22,24-25,28-29H,4,7,12H2,(H,26,27). The number of aromatic hydroxyl groups is 1. The van der Waals surface area contributed by atoms with Crippen molar-refractivity contribution in [1.82, 2.24) is 5.43 Å². The van der Waals surface area contributed by atoms with Crippen LogP contribution in [0.2, 0.25) is 0 Å². The Morgan fingerprint density at radius 3 is 2.53 bits per heavy atom. The lowest BCUT2D eigenvalue weighted by Crippen LogP contribution is -2.36. The number of nitrogens with zero attached hydrogens (tertiary/aromatic N) is 1. The lowest BCUT2D eigenvalue weighted by Gasteiger charge is -2.36. The fourth-order valence-electron chi connectivity index (χ4n) is 3.54. The van der Waals surface area contributed by atoms with Gasteiger partial charge in [0.1, 0.15) is 23.4 Å². The van der Waals surface area contributed by atoms with Crippen molar-refractivity contribution in [2.75, 3.05) is 10.2 Å². The predicted octanol–water partition coefficient (Wildman–Crippen LogP) is 3.54. The number of anilines is 1. The Morgan fingerprint density at radius 1 is 1.07 bits per heavy atom. The highest BCUT2D eigenvalue weighted by Crippen LogP contribution is 2.51. The second kappa shape index (κ2) is 7.78. The highest BCUT2D eigenvalue weighted by molar-refractivity contribution is 8.25. The second-order valence-electron chi connectivity index (χ2n) is 7.24. The van der Waals surface area contributed by atoms with Crippen molar-refractivity contribution in [2.45, 2.75) is 19.1 Å². The molecule has 0 amide bonds. The Kier molecular flexibility index (Phi) is 5.31. The Morgan fingerprint density at radius 2 is 1.83 bits per heavy atom. The van der Waals surface area contributed by atoms with Crippen molar-refractivity contribution < 1.29 is 29.2 Å². The number of fused-ring (bicyclic) bond motifs is 1. The van der Waals surface area contributed by atoms with Gasteiger partial charge in [0.25, 0.3) is 0 Å². The third-order valence-corrected chi connectivity index (χ3v) is 6.63. The van der Waals surface area contributed by atoms with Crippen LogP contribution in [0.5, 0.6) is 5.75 Å². The van der Waals surface area contributed by atoms with Gasteiger partial charge in [0.05, 0.1) is 0 Å². The van der Waals surface area contributed by atoms with Crippen molar-refractivity contribution in [3.63, 3.8) is 0 Å². The van der Waals surface area contributed by atoms with E-state index in [0.717, 1.165) is 31.9 Å². The van der Waals surface area contributed by atoms with E-state index in [4.69, 9.17) is 5.11 Å². The second-order valence-corrected chi connectivity index (χ2v) is 9.20. The zero-order chi connectivity index (χ0) is 21.5. The number of hydrogen-bond acceptors (Lipinski definition) is 7. The van der Waals surface area contributed by atoms with E-state index in [0.29, 0.717) is 6.42 Å². The number of carboxylic acid groups (broad SMARTS) is 1. The maximum atomic E-state index is 10.8. The van der Waals surface area contributed by atoms with E-state index in [1.165, 1.54) is 6.07 Å². The molecule has 0 spiro atoms. The molecule has 4 rings (SSSR count). The van der Waals surface area contributed by atoms with Crippen molar-refractivity contribution in [1.29, 1.82) is 0 Å². The number of phenolic OH excluding ortho intramolecular Hbond substituents is 1. The highest BCUT2D eigenvalue weighted by Gasteiger charge is 2.36. The average molecular weight is 430 g/mol. The first-order valence-corrected chi connectivity index (χ1v) is 11.0. The van der Waals surface area contributed by atoms with Gasteiger partial charge < -0.3 is 15.3 Å². The van der Waals surface area contributed by atoms with Gasteiger partial charge in [0.2, 0.25) is 0 Å². The van der Waals surface area contributed by atoms with Crippen molar-refractivity contribution in [3.8, 4) is 16.9 Å². The maximum absolute atomic E-state index is 10.8. The Hall–Kier alpha value is -2.82. The first-order chi connectivity index (χ1) is 14.2. The number of aliphatic hydroxyl groups is 1. The number of aliphatic hydroxyl groups excluding tert-OH is 1. The molecule has 0 aliphatic carbocycles. The van der Waals surface area contributed by atoms with E-state index in [1.807, 2.05) is 42.5 Å². The quantitative estimate of drug-likeness (QED) is 0.362. The molecule has 1 atom stereocenters. The number of aryl methyl sites for hydroxylation is 1. The first-order valence-electron chi connectivity index (χ1n) is 9.31. The summed E-state index contributed by atoms with van der Waals surface area (Å²) < 4.78 is 21.5. The van der Waals surface area contributed by atoms with Crippen LogP contribution in [0.25, 0.3) is 21.9 Å². The van der Waals surface area contributed by atoms with E-state index in [1.54, 1.807) is 6.07 Å². The number of carbonyl (C=O) groups is 1. The summed E-state index contributed by atoms with van der Waals surface area (Å²) in [4.78, 5) is 10.8. The summed E-state index contributed by atoms with van der Waals surface area (Å²) in [6.45, 7) is 0. The summed E-state index contributed by atoms with van der Waals surface area (Å²) in [5.74, 6) is -1.24. The Balaban J connectivity index is 1.72. The topological polar surface area (TPSA) is 133 Å². The number of phenols is 1. The summed E-state index contributed by atoms with van der Waals surface area (Å²) in [7, 11) is -3.30. The molecule has 1 fully saturated rings. The largest absolute Gasteiger partial charge is 0.506 e. The van der Waals surface area contributed by atoms with Gasteiger partial charge in [0, 0.05) is 6.42 Å².